The summed E-state index contributed by atoms with van der Waals surface area (Å²) in [5.74, 6) is -0.223. The summed E-state index contributed by atoms with van der Waals surface area (Å²) in [6.07, 6.45) is 0.802. The zero-order valence-electron chi connectivity index (χ0n) is 10.1. The van der Waals surface area contributed by atoms with Crippen LogP contribution in [0.4, 0.5) is 4.39 Å². The van der Waals surface area contributed by atoms with Crippen molar-refractivity contribution in [1.29, 1.82) is 0 Å². The minimum atomic E-state index is -1.15. The van der Waals surface area contributed by atoms with Gasteiger partial charge in [0.1, 0.15) is 12.6 Å². The average Bonchev–Trinajstić information content (AvgIpc) is 2.19. The molecule has 0 saturated heterocycles. The second kappa shape index (κ2) is 6.13. The maximum Gasteiger partial charge on any atom is 0.146 e. The van der Waals surface area contributed by atoms with Crippen molar-refractivity contribution in [2.24, 2.45) is 0 Å². The van der Waals surface area contributed by atoms with Gasteiger partial charge in [0.05, 0.1) is 14.7 Å². The number of hydrogen-bond donors (Lipinski definition) is 0. The van der Waals surface area contributed by atoms with Crippen LogP contribution in [0.15, 0.2) is 24.3 Å². The Morgan fingerprint density at radius 2 is 1.69 bits per heavy atom. The van der Waals surface area contributed by atoms with Crippen molar-refractivity contribution >= 4 is 8.07 Å². The first kappa shape index (κ1) is 13.4. The van der Waals surface area contributed by atoms with Gasteiger partial charge in [-0.1, -0.05) is 31.8 Å². The number of ether oxygens (including phenoxy) is 2. The first-order chi connectivity index (χ1) is 7.47. The SMILES string of the molecule is C[Si](C)(C)COCOCc1ccc(F)cc1. The topological polar surface area (TPSA) is 18.5 Å². The lowest BCUT2D eigenvalue weighted by atomic mass is 10.2. The molecule has 0 spiro atoms. The van der Waals surface area contributed by atoms with E-state index in [4.69, 9.17) is 9.47 Å². The standard InChI is InChI=1S/C12H19FO2Si/c1-16(2,3)10-15-9-14-8-11-4-6-12(13)7-5-11/h4-7H,8-10H2,1-3H3. The van der Waals surface area contributed by atoms with Crippen LogP contribution in [0, 0.1) is 5.82 Å². The van der Waals surface area contributed by atoms with Crippen LogP contribution >= 0.6 is 0 Å². The molecule has 16 heavy (non-hydrogen) atoms. The number of benzene rings is 1. The van der Waals surface area contributed by atoms with Crippen LogP contribution in [0.3, 0.4) is 0 Å². The summed E-state index contributed by atoms with van der Waals surface area (Å²) in [5.41, 5.74) is 0.956. The van der Waals surface area contributed by atoms with E-state index in [0.29, 0.717) is 13.4 Å². The van der Waals surface area contributed by atoms with Crippen LogP contribution in [0.1, 0.15) is 5.56 Å². The molecule has 0 atom stereocenters. The largest absolute Gasteiger partial charge is 0.359 e. The molecule has 4 heteroatoms. The lowest BCUT2D eigenvalue weighted by Gasteiger charge is -2.15. The lowest BCUT2D eigenvalue weighted by Crippen LogP contribution is -2.28. The van der Waals surface area contributed by atoms with Gasteiger partial charge in [-0.25, -0.2) is 4.39 Å². The van der Waals surface area contributed by atoms with Crippen LogP contribution in [-0.4, -0.2) is 21.1 Å². The summed E-state index contributed by atoms with van der Waals surface area (Å²) >= 11 is 0. The van der Waals surface area contributed by atoms with E-state index in [-0.39, 0.29) is 5.82 Å². The molecule has 0 fully saturated rings. The predicted octanol–water partition coefficient (Wildman–Crippen LogP) is 3.19. The molecule has 0 bridgehead atoms. The highest BCUT2D eigenvalue weighted by Crippen LogP contribution is 2.05. The van der Waals surface area contributed by atoms with Gasteiger partial charge in [-0.3, -0.25) is 0 Å². The molecule has 1 aromatic carbocycles. The molecule has 0 amide bonds. The zero-order valence-corrected chi connectivity index (χ0v) is 11.1. The summed E-state index contributed by atoms with van der Waals surface area (Å²) in [5, 5.41) is 0. The van der Waals surface area contributed by atoms with Gasteiger partial charge < -0.3 is 9.47 Å². The lowest BCUT2D eigenvalue weighted by molar-refractivity contribution is -0.0481. The Bertz CT molecular complexity index is 306. The third-order valence-corrected chi connectivity index (χ3v) is 2.95. The van der Waals surface area contributed by atoms with E-state index in [0.717, 1.165) is 11.8 Å². The molecular formula is C12H19FO2Si. The van der Waals surface area contributed by atoms with Crippen molar-refractivity contribution in [2.45, 2.75) is 26.2 Å². The van der Waals surface area contributed by atoms with Crippen molar-refractivity contribution in [2.75, 3.05) is 13.0 Å². The van der Waals surface area contributed by atoms with Gasteiger partial charge in [-0.05, 0) is 17.7 Å². The number of halogens is 1. The molecule has 0 heterocycles. The predicted molar refractivity (Wildman–Crippen MR) is 65.4 cm³/mol. The van der Waals surface area contributed by atoms with Crippen molar-refractivity contribution in [3.8, 4) is 0 Å². The number of hydrogen-bond acceptors (Lipinski definition) is 2. The highest BCUT2D eigenvalue weighted by atomic mass is 28.3. The Morgan fingerprint density at radius 1 is 1.06 bits per heavy atom. The highest BCUT2D eigenvalue weighted by Gasteiger charge is 2.12. The molecule has 1 rings (SSSR count). The summed E-state index contributed by atoms with van der Waals surface area (Å²) < 4.78 is 23.3. The number of rotatable bonds is 6. The van der Waals surface area contributed by atoms with Crippen molar-refractivity contribution in [3.63, 3.8) is 0 Å². The maximum absolute atomic E-state index is 12.6. The van der Waals surface area contributed by atoms with Crippen LogP contribution in [-0.2, 0) is 16.1 Å². The summed E-state index contributed by atoms with van der Waals surface area (Å²) in [7, 11) is -1.15. The van der Waals surface area contributed by atoms with Gasteiger partial charge in [-0.2, -0.15) is 0 Å². The second-order valence-corrected chi connectivity index (χ2v) is 10.4. The Labute approximate surface area is 97.4 Å². The molecule has 0 aromatic heterocycles. The molecule has 0 unspecified atom stereocenters. The van der Waals surface area contributed by atoms with Gasteiger partial charge in [0, 0.05) is 6.23 Å². The molecule has 90 valence electrons. The molecule has 0 N–H and O–H groups in total. The molecule has 0 saturated carbocycles. The first-order valence-electron chi connectivity index (χ1n) is 5.37. The maximum atomic E-state index is 12.6. The van der Waals surface area contributed by atoms with E-state index < -0.39 is 8.07 Å². The van der Waals surface area contributed by atoms with E-state index in [1.165, 1.54) is 12.1 Å². The van der Waals surface area contributed by atoms with Gasteiger partial charge in [0.25, 0.3) is 0 Å². The monoisotopic (exact) mass is 242 g/mol. The average molecular weight is 242 g/mol. The third kappa shape index (κ3) is 6.00. The zero-order chi connectivity index (χ0) is 12.0. The molecule has 0 radical (unpaired) electrons. The van der Waals surface area contributed by atoms with Gasteiger partial charge in [0.15, 0.2) is 0 Å². The van der Waals surface area contributed by atoms with Crippen LogP contribution < -0.4 is 0 Å². The fraction of sp³-hybridized carbons (Fsp3) is 0.500. The van der Waals surface area contributed by atoms with Crippen LogP contribution in [0.5, 0.6) is 0 Å². The smallest absolute Gasteiger partial charge is 0.146 e. The van der Waals surface area contributed by atoms with E-state index in [2.05, 4.69) is 19.6 Å². The molecular weight excluding hydrogens is 223 g/mol. The van der Waals surface area contributed by atoms with Crippen molar-refractivity contribution < 1.29 is 13.9 Å². The Hall–Kier alpha value is -0.713. The minimum Gasteiger partial charge on any atom is -0.359 e. The summed E-state index contributed by atoms with van der Waals surface area (Å²) in [6, 6.07) is 6.30. The van der Waals surface area contributed by atoms with Crippen LogP contribution in [0.2, 0.25) is 19.6 Å². The molecule has 0 aliphatic rings. The summed E-state index contributed by atoms with van der Waals surface area (Å²) in [4.78, 5) is 0. The third-order valence-electron chi connectivity index (χ3n) is 1.88. The van der Waals surface area contributed by atoms with E-state index in [1.807, 2.05) is 0 Å². The first-order valence-corrected chi connectivity index (χ1v) is 9.08. The summed E-state index contributed by atoms with van der Waals surface area (Å²) in [6.45, 7) is 7.50. The Balaban J connectivity index is 2.14. The van der Waals surface area contributed by atoms with Crippen LogP contribution in [0.25, 0.3) is 0 Å². The molecule has 0 aliphatic carbocycles. The second-order valence-electron chi connectivity index (χ2n) is 5.00. The minimum absolute atomic E-state index is 0.223. The van der Waals surface area contributed by atoms with E-state index in [1.54, 1.807) is 12.1 Å². The van der Waals surface area contributed by atoms with Gasteiger partial charge in [-0.15, -0.1) is 0 Å². The molecule has 2 nitrogen and oxygen atoms in total. The van der Waals surface area contributed by atoms with Gasteiger partial charge in [0.2, 0.25) is 0 Å². The molecule has 1 aromatic rings. The van der Waals surface area contributed by atoms with Gasteiger partial charge >= 0.3 is 0 Å². The van der Waals surface area contributed by atoms with E-state index in [9.17, 15) is 4.39 Å². The van der Waals surface area contributed by atoms with E-state index >= 15 is 0 Å². The quantitative estimate of drug-likeness (QED) is 0.433. The Morgan fingerprint density at radius 3 is 2.25 bits per heavy atom. The Kier molecular flexibility index (Phi) is 5.11. The molecule has 0 aliphatic heterocycles. The van der Waals surface area contributed by atoms with Crippen molar-refractivity contribution in [1.82, 2.24) is 0 Å². The normalized spacial score (nSPS) is 11.8. The fourth-order valence-electron chi connectivity index (χ4n) is 1.15. The highest BCUT2D eigenvalue weighted by molar-refractivity contribution is 6.76. The fourth-order valence-corrected chi connectivity index (χ4v) is 1.84. The van der Waals surface area contributed by atoms with Crippen molar-refractivity contribution in [3.05, 3.63) is 35.6 Å².